The number of hydrogen-bond acceptors (Lipinski definition) is 1. The second-order valence-electron chi connectivity index (χ2n) is 4.88. The minimum Gasteiger partial charge on any atom is -0.330 e. The summed E-state index contributed by atoms with van der Waals surface area (Å²) in [5, 5.41) is 0. The molecule has 2 rings (SSSR count). The van der Waals surface area contributed by atoms with Gasteiger partial charge in [0.1, 0.15) is 0 Å². The molecule has 1 fully saturated rings. The van der Waals surface area contributed by atoms with Crippen molar-refractivity contribution in [3.05, 3.63) is 35.4 Å². The lowest BCUT2D eigenvalue weighted by Gasteiger charge is -2.48. The fourth-order valence-corrected chi connectivity index (χ4v) is 2.64. The van der Waals surface area contributed by atoms with Crippen LogP contribution in [0, 0.1) is 5.92 Å². The molecular formula is C13H16F3N. The maximum Gasteiger partial charge on any atom is 0.416 e. The standard InChI is InChI=1S/C13H16F3N/c1-9-5-6-12(9,8-17)10-3-2-4-11(7-10)13(14,15)16/h2-4,7,9H,5-6,8,17H2,1H3. The molecule has 0 saturated heterocycles. The first-order chi connectivity index (χ1) is 7.90. The summed E-state index contributed by atoms with van der Waals surface area (Å²) >= 11 is 0. The van der Waals surface area contributed by atoms with Crippen molar-refractivity contribution in [3.63, 3.8) is 0 Å². The highest BCUT2D eigenvalue weighted by Crippen LogP contribution is 2.48. The van der Waals surface area contributed by atoms with Crippen molar-refractivity contribution in [2.24, 2.45) is 11.7 Å². The molecule has 1 saturated carbocycles. The SMILES string of the molecule is CC1CCC1(CN)c1cccc(C(F)(F)F)c1. The van der Waals surface area contributed by atoms with Crippen LogP contribution in [0.25, 0.3) is 0 Å². The van der Waals surface area contributed by atoms with Crippen molar-refractivity contribution in [1.29, 1.82) is 0 Å². The molecule has 2 atom stereocenters. The van der Waals surface area contributed by atoms with Gasteiger partial charge in [-0.25, -0.2) is 0 Å². The van der Waals surface area contributed by atoms with Crippen LogP contribution in [0.3, 0.4) is 0 Å². The van der Waals surface area contributed by atoms with Crippen molar-refractivity contribution >= 4 is 0 Å². The van der Waals surface area contributed by atoms with E-state index in [9.17, 15) is 13.2 Å². The largest absolute Gasteiger partial charge is 0.416 e. The second-order valence-corrected chi connectivity index (χ2v) is 4.88. The van der Waals surface area contributed by atoms with Crippen molar-refractivity contribution in [2.45, 2.75) is 31.4 Å². The van der Waals surface area contributed by atoms with E-state index in [-0.39, 0.29) is 5.41 Å². The number of alkyl halides is 3. The zero-order chi connectivity index (χ0) is 12.7. The lowest BCUT2D eigenvalue weighted by atomic mass is 9.57. The molecule has 4 heteroatoms. The van der Waals surface area contributed by atoms with Crippen LogP contribution in [0.5, 0.6) is 0 Å². The van der Waals surface area contributed by atoms with Crippen LogP contribution in [0.4, 0.5) is 13.2 Å². The molecule has 1 aliphatic carbocycles. The van der Waals surface area contributed by atoms with E-state index >= 15 is 0 Å². The van der Waals surface area contributed by atoms with Crippen LogP contribution in [0.2, 0.25) is 0 Å². The Morgan fingerprint density at radius 1 is 1.41 bits per heavy atom. The van der Waals surface area contributed by atoms with Crippen molar-refractivity contribution in [3.8, 4) is 0 Å². The Morgan fingerprint density at radius 2 is 2.12 bits per heavy atom. The molecule has 2 N–H and O–H groups in total. The Bertz CT molecular complexity index is 409. The van der Waals surface area contributed by atoms with E-state index in [1.54, 1.807) is 6.07 Å². The first-order valence-corrected chi connectivity index (χ1v) is 5.78. The number of rotatable bonds is 2. The van der Waals surface area contributed by atoms with Crippen LogP contribution in [0.1, 0.15) is 30.9 Å². The molecule has 1 aliphatic rings. The minimum absolute atomic E-state index is 0.249. The third-order valence-electron chi connectivity index (χ3n) is 4.10. The van der Waals surface area contributed by atoms with E-state index in [4.69, 9.17) is 5.73 Å². The van der Waals surface area contributed by atoms with E-state index < -0.39 is 11.7 Å². The Morgan fingerprint density at radius 3 is 2.53 bits per heavy atom. The summed E-state index contributed by atoms with van der Waals surface area (Å²) in [5.41, 5.74) is 5.67. The quantitative estimate of drug-likeness (QED) is 0.847. The lowest BCUT2D eigenvalue weighted by Crippen LogP contribution is -2.48. The Labute approximate surface area is 98.8 Å². The molecule has 1 aromatic rings. The van der Waals surface area contributed by atoms with E-state index in [1.807, 2.05) is 0 Å². The predicted octanol–water partition coefficient (Wildman–Crippen LogP) is 3.33. The minimum atomic E-state index is -4.28. The Balaban J connectivity index is 2.40. The fraction of sp³-hybridized carbons (Fsp3) is 0.538. The maximum atomic E-state index is 12.6. The van der Waals surface area contributed by atoms with Gasteiger partial charge < -0.3 is 5.73 Å². The number of benzene rings is 1. The number of hydrogen-bond donors (Lipinski definition) is 1. The molecule has 0 radical (unpaired) electrons. The van der Waals surface area contributed by atoms with E-state index in [1.165, 1.54) is 12.1 Å². The molecule has 1 nitrogen and oxygen atoms in total. The number of nitrogens with two attached hydrogens (primary N) is 1. The first-order valence-electron chi connectivity index (χ1n) is 5.78. The normalized spacial score (nSPS) is 28.9. The van der Waals surface area contributed by atoms with Gasteiger partial charge in [-0.1, -0.05) is 25.1 Å². The van der Waals surface area contributed by atoms with Crippen LogP contribution in [0.15, 0.2) is 24.3 Å². The van der Waals surface area contributed by atoms with E-state index in [0.717, 1.165) is 24.5 Å². The summed E-state index contributed by atoms with van der Waals surface area (Å²) in [6, 6.07) is 5.60. The molecule has 0 spiro atoms. The molecule has 0 bridgehead atoms. The lowest BCUT2D eigenvalue weighted by molar-refractivity contribution is -0.137. The van der Waals surface area contributed by atoms with Crippen molar-refractivity contribution in [2.75, 3.05) is 6.54 Å². The van der Waals surface area contributed by atoms with Crippen LogP contribution in [-0.2, 0) is 11.6 Å². The first kappa shape index (κ1) is 12.4. The van der Waals surface area contributed by atoms with Gasteiger partial charge in [-0.2, -0.15) is 13.2 Å². The monoisotopic (exact) mass is 243 g/mol. The fourth-order valence-electron chi connectivity index (χ4n) is 2.64. The van der Waals surface area contributed by atoms with E-state index in [0.29, 0.717) is 12.5 Å². The van der Waals surface area contributed by atoms with Gasteiger partial charge in [-0.05, 0) is 30.4 Å². The van der Waals surface area contributed by atoms with Crippen molar-refractivity contribution < 1.29 is 13.2 Å². The summed E-state index contributed by atoms with van der Waals surface area (Å²) in [6.07, 6.45) is -2.36. The zero-order valence-corrected chi connectivity index (χ0v) is 9.72. The van der Waals surface area contributed by atoms with Crippen LogP contribution < -0.4 is 5.73 Å². The molecule has 0 heterocycles. The summed E-state index contributed by atoms with van der Waals surface area (Å²) in [4.78, 5) is 0. The molecule has 17 heavy (non-hydrogen) atoms. The maximum absolute atomic E-state index is 12.6. The summed E-state index contributed by atoms with van der Waals surface area (Å²) in [7, 11) is 0. The summed E-state index contributed by atoms with van der Waals surface area (Å²) < 4.78 is 37.9. The van der Waals surface area contributed by atoms with Gasteiger partial charge in [-0.3, -0.25) is 0 Å². The highest BCUT2D eigenvalue weighted by Gasteiger charge is 2.45. The third-order valence-corrected chi connectivity index (χ3v) is 4.10. The summed E-state index contributed by atoms with van der Waals surface area (Å²) in [5.74, 6) is 0.357. The average molecular weight is 243 g/mol. The Hall–Kier alpha value is -1.03. The smallest absolute Gasteiger partial charge is 0.330 e. The van der Waals surface area contributed by atoms with Gasteiger partial charge in [0.2, 0.25) is 0 Å². The molecule has 0 aliphatic heterocycles. The predicted molar refractivity (Wildman–Crippen MR) is 60.6 cm³/mol. The molecule has 0 aromatic heterocycles. The molecule has 0 amide bonds. The number of halogens is 3. The highest BCUT2D eigenvalue weighted by atomic mass is 19.4. The van der Waals surface area contributed by atoms with E-state index in [2.05, 4.69) is 6.92 Å². The third kappa shape index (κ3) is 1.95. The van der Waals surface area contributed by atoms with Gasteiger partial charge in [0, 0.05) is 12.0 Å². The topological polar surface area (TPSA) is 26.0 Å². The molecule has 94 valence electrons. The van der Waals surface area contributed by atoms with Gasteiger partial charge >= 0.3 is 6.18 Å². The van der Waals surface area contributed by atoms with Gasteiger partial charge in [0.05, 0.1) is 5.56 Å². The van der Waals surface area contributed by atoms with Crippen LogP contribution >= 0.6 is 0 Å². The highest BCUT2D eigenvalue weighted by molar-refractivity contribution is 5.34. The average Bonchev–Trinajstić information content (AvgIpc) is 2.28. The summed E-state index contributed by atoms with van der Waals surface area (Å²) in [6.45, 7) is 2.46. The van der Waals surface area contributed by atoms with Crippen molar-refractivity contribution in [1.82, 2.24) is 0 Å². The Kier molecular flexibility index (Phi) is 2.94. The van der Waals surface area contributed by atoms with Gasteiger partial charge in [0.25, 0.3) is 0 Å². The molecule has 1 aromatic carbocycles. The second kappa shape index (κ2) is 4.02. The van der Waals surface area contributed by atoms with Gasteiger partial charge in [-0.15, -0.1) is 0 Å². The molecule has 2 unspecified atom stereocenters. The van der Waals surface area contributed by atoms with Crippen LogP contribution in [-0.4, -0.2) is 6.54 Å². The van der Waals surface area contributed by atoms with Gasteiger partial charge in [0.15, 0.2) is 0 Å². The zero-order valence-electron chi connectivity index (χ0n) is 9.72. The molecular weight excluding hydrogens is 227 g/mol.